The van der Waals surface area contributed by atoms with E-state index < -0.39 is 5.91 Å². The normalized spacial score (nSPS) is 10.5. The second-order valence-corrected chi connectivity index (χ2v) is 7.06. The summed E-state index contributed by atoms with van der Waals surface area (Å²) in [6.07, 6.45) is 0. The van der Waals surface area contributed by atoms with E-state index in [1.54, 1.807) is 48.5 Å². The van der Waals surface area contributed by atoms with Gasteiger partial charge in [-0.15, -0.1) is 0 Å². The quantitative estimate of drug-likeness (QED) is 0.459. The first-order chi connectivity index (χ1) is 15.5. The van der Waals surface area contributed by atoms with Crippen LogP contribution in [0.2, 0.25) is 0 Å². The van der Waals surface area contributed by atoms with Crippen LogP contribution >= 0.6 is 0 Å². The third kappa shape index (κ3) is 4.81. The fourth-order valence-electron chi connectivity index (χ4n) is 2.97. The van der Waals surface area contributed by atoms with Gasteiger partial charge in [-0.1, -0.05) is 47.1 Å². The molecule has 0 bridgehead atoms. The number of aromatic nitrogens is 2. The molecule has 3 N–H and O–H groups in total. The first kappa shape index (κ1) is 20.8. The van der Waals surface area contributed by atoms with Gasteiger partial charge in [-0.3, -0.25) is 9.59 Å². The number of amides is 2. The van der Waals surface area contributed by atoms with Gasteiger partial charge in [0, 0.05) is 16.8 Å². The minimum absolute atomic E-state index is 0.0104. The Balaban J connectivity index is 1.44. The van der Waals surface area contributed by atoms with E-state index in [2.05, 4.69) is 15.5 Å². The van der Waals surface area contributed by atoms with Crippen molar-refractivity contribution in [1.29, 1.82) is 0 Å². The zero-order valence-corrected chi connectivity index (χ0v) is 17.2. The van der Waals surface area contributed by atoms with Crippen LogP contribution in [-0.4, -0.2) is 22.0 Å². The Morgan fingerprint density at radius 3 is 2.44 bits per heavy atom. The summed E-state index contributed by atoms with van der Waals surface area (Å²) in [5.41, 5.74) is 8.43. The van der Waals surface area contributed by atoms with Crippen LogP contribution in [0.15, 0.2) is 77.3 Å². The fraction of sp³-hybridized carbons (Fsp3) is 0.0833. The summed E-state index contributed by atoms with van der Waals surface area (Å²) in [4.78, 5) is 28.3. The van der Waals surface area contributed by atoms with Crippen molar-refractivity contribution in [2.24, 2.45) is 5.73 Å². The summed E-state index contributed by atoms with van der Waals surface area (Å²) >= 11 is 0. The van der Waals surface area contributed by atoms with Gasteiger partial charge in [0.15, 0.2) is 6.61 Å². The predicted octanol–water partition coefficient (Wildman–Crippen LogP) is 3.98. The number of ether oxygens (including phenoxy) is 1. The Bertz CT molecular complexity index is 1250. The van der Waals surface area contributed by atoms with Crippen molar-refractivity contribution in [1.82, 2.24) is 10.1 Å². The van der Waals surface area contributed by atoms with Crippen LogP contribution in [0.3, 0.4) is 0 Å². The van der Waals surface area contributed by atoms with Crippen LogP contribution < -0.4 is 15.8 Å². The maximum atomic E-state index is 12.7. The smallest absolute Gasteiger partial charge is 0.264 e. The van der Waals surface area contributed by atoms with E-state index in [0.717, 1.165) is 11.1 Å². The molecule has 8 nitrogen and oxygen atoms in total. The first-order valence-corrected chi connectivity index (χ1v) is 9.82. The molecule has 4 aromatic rings. The number of anilines is 1. The lowest BCUT2D eigenvalue weighted by molar-refractivity contribution is 0.0997. The number of primary amides is 1. The molecule has 0 unspecified atom stereocenters. The molecule has 3 aromatic carbocycles. The van der Waals surface area contributed by atoms with Crippen LogP contribution in [0.25, 0.3) is 11.4 Å². The summed E-state index contributed by atoms with van der Waals surface area (Å²) in [5.74, 6) is 0.229. The monoisotopic (exact) mass is 428 g/mol. The first-order valence-electron chi connectivity index (χ1n) is 9.82. The number of benzene rings is 3. The lowest BCUT2D eigenvalue weighted by Gasteiger charge is -2.10. The number of nitrogens with two attached hydrogens (primary N) is 1. The van der Waals surface area contributed by atoms with Gasteiger partial charge in [-0.05, 0) is 43.3 Å². The average molecular weight is 428 g/mol. The maximum Gasteiger partial charge on any atom is 0.264 e. The molecule has 8 heteroatoms. The number of hydrogen-bond acceptors (Lipinski definition) is 6. The molecule has 0 aliphatic rings. The van der Waals surface area contributed by atoms with Crippen molar-refractivity contribution in [2.45, 2.75) is 13.5 Å². The standard InChI is InChI=1S/C24H20N4O4/c1-15-6-8-17(9-7-15)23-27-21(32-28-23)14-31-20-5-3-2-4-19(20)24(30)26-18-12-10-16(11-13-18)22(25)29/h2-13H,14H2,1H3,(H2,25,29)(H,26,30). The topological polar surface area (TPSA) is 120 Å². The van der Waals surface area contributed by atoms with Gasteiger partial charge >= 0.3 is 0 Å². The highest BCUT2D eigenvalue weighted by atomic mass is 16.5. The third-order valence-corrected chi connectivity index (χ3v) is 4.69. The minimum atomic E-state index is -0.534. The number of aryl methyl sites for hydroxylation is 1. The highest BCUT2D eigenvalue weighted by Crippen LogP contribution is 2.22. The number of carbonyl (C=O) groups excluding carboxylic acids is 2. The van der Waals surface area contributed by atoms with Crippen molar-refractivity contribution >= 4 is 17.5 Å². The second kappa shape index (κ2) is 9.13. The molecule has 0 radical (unpaired) electrons. The minimum Gasteiger partial charge on any atom is -0.483 e. The van der Waals surface area contributed by atoms with Gasteiger partial charge in [-0.25, -0.2) is 0 Å². The van der Waals surface area contributed by atoms with Crippen LogP contribution in [0.4, 0.5) is 5.69 Å². The van der Waals surface area contributed by atoms with Crippen molar-refractivity contribution < 1.29 is 18.8 Å². The summed E-state index contributed by atoms with van der Waals surface area (Å²) in [6, 6.07) is 20.9. The van der Waals surface area contributed by atoms with Crippen LogP contribution in [0.5, 0.6) is 5.75 Å². The SMILES string of the molecule is Cc1ccc(-c2noc(COc3ccccc3C(=O)Nc3ccc(C(N)=O)cc3)n2)cc1. The highest BCUT2D eigenvalue weighted by Gasteiger charge is 2.15. The Morgan fingerprint density at radius 1 is 1.00 bits per heavy atom. The van der Waals surface area contributed by atoms with E-state index in [9.17, 15) is 9.59 Å². The number of nitrogens with zero attached hydrogens (tertiary/aromatic N) is 2. The van der Waals surface area contributed by atoms with Gasteiger partial charge in [0.25, 0.3) is 11.8 Å². The van der Waals surface area contributed by atoms with Gasteiger partial charge in [-0.2, -0.15) is 4.98 Å². The van der Waals surface area contributed by atoms with E-state index in [1.807, 2.05) is 31.2 Å². The van der Waals surface area contributed by atoms with Crippen molar-refractivity contribution in [3.05, 3.63) is 95.4 Å². The predicted molar refractivity (Wildman–Crippen MR) is 118 cm³/mol. The van der Waals surface area contributed by atoms with Gasteiger partial charge < -0.3 is 20.3 Å². The summed E-state index contributed by atoms with van der Waals surface area (Å²) in [5, 5.41) is 6.75. The fourth-order valence-corrected chi connectivity index (χ4v) is 2.97. The molecule has 4 rings (SSSR count). The Kier molecular flexibility index (Phi) is 5.94. The molecule has 1 heterocycles. The van der Waals surface area contributed by atoms with E-state index in [1.165, 1.54) is 0 Å². The third-order valence-electron chi connectivity index (χ3n) is 4.69. The molecule has 0 atom stereocenters. The summed E-state index contributed by atoms with van der Waals surface area (Å²) < 4.78 is 11.1. The molecule has 0 saturated heterocycles. The van der Waals surface area contributed by atoms with E-state index in [-0.39, 0.29) is 18.4 Å². The largest absolute Gasteiger partial charge is 0.483 e. The Hall–Kier alpha value is -4.46. The molecular formula is C24H20N4O4. The highest BCUT2D eigenvalue weighted by molar-refractivity contribution is 6.06. The van der Waals surface area contributed by atoms with Crippen LogP contribution in [-0.2, 0) is 6.61 Å². The number of carbonyl (C=O) groups is 2. The summed E-state index contributed by atoms with van der Waals surface area (Å²) in [6.45, 7) is 2.01. The second-order valence-electron chi connectivity index (χ2n) is 7.06. The van der Waals surface area contributed by atoms with Gasteiger partial charge in [0.2, 0.25) is 11.7 Å². The molecule has 160 valence electrons. The zero-order valence-electron chi connectivity index (χ0n) is 17.2. The number of hydrogen-bond donors (Lipinski definition) is 2. The number of nitrogens with one attached hydrogen (secondary N) is 1. The zero-order chi connectivity index (χ0) is 22.5. The molecule has 0 saturated carbocycles. The molecule has 1 aromatic heterocycles. The molecule has 32 heavy (non-hydrogen) atoms. The molecule has 0 spiro atoms. The lowest BCUT2D eigenvalue weighted by Crippen LogP contribution is -2.14. The average Bonchev–Trinajstić information content (AvgIpc) is 3.28. The van der Waals surface area contributed by atoms with Gasteiger partial charge in [0.05, 0.1) is 5.56 Å². The molecule has 0 aliphatic heterocycles. The molecule has 2 amide bonds. The molecular weight excluding hydrogens is 408 g/mol. The number of para-hydroxylation sites is 1. The maximum absolute atomic E-state index is 12.7. The number of rotatable bonds is 7. The molecule has 0 aliphatic carbocycles. The van der Waals surface area contributed by atoms with Crippen LogP contribution in [0.1, 0.15) is 32.2 Å². The van der Waals surface area contributed by atoms with E-state index in [4.69, 9.17) is 15.0 Å². The van der Waals surface area contributed by atoms with Crippen molar-refractivity contribution in [2.75, 3.05) is 5.32 Å². The van der Waals surface area contributed by atoms with Crippen LogP contribution in [0, 0.1) is 6.92 Å². The Labute approximate surface area is 184 Å². The lowest BCUT2D eigenvalue weighted by atomic mass is 10.1. The molecule has 0 fully saturated rings. The van der Waals surface area contributed by atoms with Gasteiger partial charge in [0.1, 0.15) is 5.75 Å². The van der Waals surface area contributed by atoms with E-state index >= 15 is 0 Å². The van der Waals surface area contributed by atoms with Crippen molar-refractivity contribution in [3.8, 4) is 17.1 Å². The Morgan fingerprint density at radius 2 is 1.72 bits per heavy atom. The van der Waals surface area contributed by atoms with Crippen molar-refractivity contribution in [3.63, 3.8) is 0 Å². The summed E-state index contributed by atoms with van der Waals surface area (Å²) in [7, 11) is 0. The van der Waals surface area contributed by atoms with E-state index in [0.29, 0.717) is 28.4 Å².